The van der Waals surface area contributed by atoms with Crippen LogP contribution in [0.25, 0.3) is 0 Å². The topological polar surface area (TPSA) is 84.3 Å². The highest BCUT2D eigenvalue weighted by molar-refractivity contribution is 5.99. The van der Waals surface area contributed by atoms with E-state index in [0.29, 0.717) is 18.2 Å². The van der Waals surface area contributed by atoms with Gasteiger partial charge in [0.15, 0.2) is 0 Å². The minimum atomic E-state index is -0.532. The second-order valence-electron chi connectivity index (χ2n) is 5.84. The van der Waals surface area contributed by atoms with E-state index in [2.05, 4.69) is 24.5 Å². The van der Waals surface area contributed by atoms with Gasteiger partial charge in [0.05, 0.1) is 4.92 Å². The van der Waals surface area contributed by atoms with Crippen LogP contribution in [0.15, 0.2) is 18.2 Å². The third-order valence-electron chi connectivity index (χ3n) is 3.95. The lowest BCUT2D eigenvalue weighted by Gasteiger charge is -2.08. The van der Waals surface area contributed by atoms with Crippen molar-refractivity contribution in [2.45, 2.75) is 20.3 Å². The lowest BCUT2D eigenvalue weighted by molar-refractivity contribution is -0.385. The summed E-state index contributed by atoms with van der Waals surface area (Å²) in [6, 6.07) is 4.44. The van der Waals surface area contributed by atoms with Crippen molar-refractivity contribution < 1.29 is 9.72 Å². The van der Waals surface area contributed by atoms with Crippen LogP contribution >= 0.6 is 0 Å². The smallest absolute Gasteiger partial charge is 0.282 e. The number of nitrogens with zero attached hydrogens (tertiary/aromatic N) is 1. The normalized spacial score (nSPS) is 19.2. The van der Waals surface area contributed by atoms with E-state index >= 15 is 0 Å². The molecule has 1 saturated carbocycles. The predicted molar refractivity (Wildman–Crippen MR) is 76.9 cm³/mol. The predicted octanol–water partition coefficient (Wildman–Crippen LogP) is 2.41. The lowest BCUT2D eigenvalue weighted by Crippen LogP contribution is -2.27. The first kappa shape index (κ1) is 14.3. The highest BCUT2D eigenvalue weighted by Crippen LogP contribution is 2.51. The molecule has 6 nitrogen and oxygen atoms in total. The maximum Gasteiger partial charge on any atom is 0.282 e. The number of carbonyl (C=O) groups is 1. The molecule has 1 aromatic rings. The fourth-order valence-electron chi connectivity index (χ4n) is 2.27. The van der Waals surface area contributed by atoms with E-state index in [4.69, 9.17) is 0 Å². The number of rotatable bonds is 5. The number of anilines is 1. The molecule has 0 aromatic heterocycles. The van der Waals surface area contributed by atoms with Gasteiger partial charge in [-0.3, -0.25) is 14.9 Å². The summed E-state index contributed by atoms with van der Waals surface area (Å²) in [7, 11) is 1.70. The summed E-state index contributed by atoms with van der Waals surface area (Å²) in [6.07, 6.45) is 1.08. The zero-order valence-electron chi connectivity index (χ0n) is 11.9. The van der Waals surface area contributed by atoms with Gasteiger partial charge in [0.2, 0.25) is 0 Å². The van der Waals surface area contributed by atoms with Gasteiger partial charge >= 0.3 is 0 Å². The Kier molecular flexibility index (Phi) is 3.65. The molecule has 6 heteroatoms. The molecule has 0 heterocycles. The second kappa shape index (κ2) is 5.11. The van der Waals surface area contributed by atoms with Crippen LogP contribution < -0.4 is 10.6 Å². The first-order chi connectivity index (χ1) is 9.35. The fraction of sp³-hybridized carbons (Fsp3) is 0.500. The van der Waals surface area contributed by atoms with E-state index in [1.54, 1.807) is 13.1 Å². The minimum absolute atomic E-state index is 0.0975. The van der Waals surface area contributed by atoms with Crippen molar-refractivity contribution in [2.24, 2.45) is 11.3 Å². The molecule has 0 bridgehead atoms. The largest absolute Gasteiger partial charge is 0.388 e. The molecular weight excluding hydrogens is 258 g/mol. The highest BCUT2D eigenvalue weighted by Gasteiger charge is 2.45. The molecule has 0 saturated heterocycles. The summed E-state index contributed by atoms with van der Waals surface area (Å²) >= 11 is 0. The SMILES string of the molecule is CNc1ccc([N+](=O)[O-])c(C(=O)NCC2CC2(C)C)c1. The van der Waals surface area contributed by atoms with Gasteiger partial charge in [-0.15, -0.1) is 0 Å². The first-order valence-corrected chi connectivity index (χ1v) is 6.59. The standard InChI is InChI=1S/C14H19N3O3/c1-14(2)7-9(14)8-16-13(18)11-6-10(15-3)4-5-12(11)17(19)20/h4-6,9,15H,7-8H2,1-3H3,(H,16,18). The molecule has 1 atom stereocenters. The van der Waals surface area contributed by atoms with Gasteiger partial charge in [-0.05, 0) is 29.9 Å². The molecule has 1 amide bonds. The van der Waals surface area contributed by atoms with Crippen LogP contribution in [0.5, 0.6) is 0 Å². The number of nitro groups is 1. The Morgan fingerprint density at radius 3 is 2.65 bits per heavy atom. The van der Waals surface area contributed by atoms with Crippen LogP contribution in [0.4, 0.5) is 11.4 Å². The average Bonchev–Trinajstić information content (AvgIpc) is 3.02. The molecule has 108 valence electrons. The van der Waals surface area contributed by atoms with Crippen LogP contribution in [0.2, 0.25) is 0 Å². The quantitative estimate of drug-likeness (QED) is 0.639. The van der Waals surface area contributed by atoms with E-state index in [1.165, 1.54) is 12.1 Å². The molecule has 0 aliphatic heterocycles. The maximum absolute atomic E-state index is 12.1. The Labute approximate surface area is 117 Å². The van der Waals surface area contributed by atoms with Gasteiger partial charge in [0.25, 0.3) is 11.6 Å². The Balaban J connectivity index is 2.13. The third-order valence-corrected chi connectivity index (χ3v) is 3.95. The molecule has 1 aromatic carbocycles. The molecule has 0 radical (unpaired) electrons. The van der Waals surface area contributed by atoms with Crippen molar-refractivity contribution >= 4 is 17.3 Å². The third kappa shape index (κ3) is 2.89. The van der Waals surface area contributed by atoms with E-state index in [1.807, 2.05) is 0 Å². The van der Waals surface area contributed by atoms with Crippen molar-refractivity contribution in [3.8, 4) is 0 Å². The molecule has 1 aliphatic rings. The van der Waals surface area contributed by atoms with Gasteiger partial charge < -0.3 is 10.6 Å². The van der Waals surface area contributed by atoms with Crippen molar-refractivity contribution in [3.63, 3.8) is 0 Å². The Morgan fingerprint density at radius 2 is 2.15 bits per heavy atom. The summed E-state index contributed by atoms with van der Waals surface area (Å²) in [5.74, 6) is 0.0643. The van der Waals surface area contributed by atoms with Crippen molar-refractivity contribution in [1.29, 1.82) is 0 Å². The lowest BCUT2D eigenvalue weighted by atomic mass is 10.1. The fourth-order valence-corrected chi connectivity index (χ4v) is 2.27. The number of hydrogen-bond acceptors (Lipinski definition) is 4. The molecule has 0 spiro atoms. The molecule has 2 rings (SSSR count). The molecule has 1 unspecified atom stereocenters. The molecule has 20 heavy (non-hydrogen) atoms. The van der Waals surface area contributed by atoms with Gasteiger partial charge in [0, 0.05) is 25.3 Å². The van der Waals surface area contributed by atoms with Gasteiger partial charge in [-0.25, -0.2) is 0 Å². The van der Waals surface area contributed by atoms with Crippen LogP contribution in [-0.2, 0) is 0 Å². The summed E-state index contributed by atoms with van der Waals surface area (Å²) in [4.78, 5) is 22.6. The highest BCUT2D eigenvalue weighted by atomic mass is 16.6. The van der Waals surface area contributed by atoms with Crippen LogP contribution in [0.1, 0.15) is 30.6 Å². The number of carbonyl (C=O) groups excluding carboxylic acids is 1. The van der Waals surface area contributed by atoms with Crippen molar-refractivity contribution in [2.75, 3.05) is 18.9 Å². The summed E-state index contributed by atoms with van der Waals surface area (Å²) in [6.45, 7) is 4.86. The Hall–Kier alpha value is -2.11. The zero-order valence-corrected chi connectivity index (χ0v) is 11.9. The van der Waals surface area contributed by atoms with Gasteiger partial charge in [-0.2, -0.15) is 0 Å². The zero-order chi connectivity index (χ0) is 14.9. The van der Waals surface area contributed by atoms with E-state index < -0.39 is 10.8 Å². The maximum atomic E-state index is 12.1. The molecular formula is C14H19N3O3. The molecule has 2 N–H and O–H groups in total. The van der Waals surface area contributed by atoms with Crippen LogP contribution in [0.3, 0.4) is 0 Å². The summed E-state index contributed by atoms with van der Waals surface area (Å²) in [5.41, 5.74) is 0.871. The van der Waals surface area contributed by atoms with Gasteiger partial charge in [-0.1, -0.05) is 13.8 Å². The van der Waals surface area contributed by atoms with E-state index in [9.17, 15) is 14.9 Å². The summed E-state index contributed by atoms with van der Waals surface area (Å²) in [5, 5.41) is 16.7. The number of amides is 1. The average molecular weight is 277 g/mol. The molecule has 1 fully saturated rings. The number of benzene rings is 1. The molecule has 1 aliphatic carbocycles. The van der Waals surface area contributed by atoms with Crippen molar-refractivity contribution in [1.82, 2.24) is 5.32 Å². The van der Waals surface area contributed by atoms with Crippen LogP contribution in [-0.4, -0.2) is 24.4 Å². The van der Waals surface area contributed by atoms with Crippen LogP contribution in [0, 0.1) is 21.4 Å². The number of nitro benzene ring substituents is 1. The summed E-state index contributed by atoms with van der Waals surface area (Å²) < 4.78 is 0. The van der Waals surface area contributed by atoms with Gasteiger partial charge in [0.1, 0.15) is 5.56 Å². The van der Waals surface area contributed by atoms with Crippen molar-refractivity contribution in [3.05, 3.63) is 33.9 Å². The number of nitrogens with one attached hydrogen (secondary N) is 2. The van der Waals surface area contributed by atoms with E-state index in [-0.39, 0.29) is 16.7 Å². The number of hydrogen-bond donors (Lipinski definition) is 2. The minimum Gasteiger partial charge on any atom is -0.388 e. The Bertz CT molecular complexity index is 555. The van der Waals surface area contributed by atoms with E-state index in [0.717, 1.165) is 6.42 Å². The monoisotopic (exact) mass is 277 g/mol. The first-order valence-electron chi connectivity index (χ1n) is 6.59. The second-order valence-corrected chi connectivity index (χ2v) is 5.84. The Morgan fingerprint density at radius 1 is 1.50 bits per heavy atom.